The van der Waals surface area contributed by atoms with Crippen LogP contribution in [0.1, 0.15) is 31.5 Å². The van der Waals surface area contributed by atoms with Gasteiger partial charge in [0.15, 0.2) is 11.0 Å². The highest BCUT2D eigenvalue weighted by Crippen LogP contribution is 2.30. The van der Waals surface area contributed by atoms with E-state index in [4.69, 9.17) is 14.2 Å². The molecule has 0 aliphatic carbocycles. The molecule has 0 bridgehead atoms. The van der Waals surface area contributed by atoms with Crippen molar-refractivity contribution in [3.8, 4) is 11.4 Å². The predicted molar refractivity (Wildman–Crippen MR) is 106 cm³/mol. The molecule has 0 N–H and O–H groups in total. The van der Waals surface area contributed by atoms with Crippen molar-refractivity contribution in [2.24, 2.45) is 0 Å². The van der Waals surface area contributed by atoms with Crippen LogP contribution in [-0.2, 0) is 5.75 Å². The van der Waals surface area contributed by atoms with Crippen molar-refractivity contribution in [3.05, 3.63) is 60.2 Å². The van der Waals surface area contributed by atoms with E-state index in [1.54, 1.807) is 18.9 Å². The van der Waals surface area contributed by atoms with Crippen LogP contribution in [0.5, 0.6) is 5.75 Å². The zero-order valence-corrected chi connectivity index (χ0v) is 16.2. The Balaban J connectivity index is 1.68. The van der Waals surface area contributed by atoms with E-state index in [0.717, 1.165) is 33.5 Å². The number of hydrogen-bond acceptors (Lipinski definition) is 6. The van der Waals surface area contributed by atoms with E-state index in [0.29, 0.717) is 11.6 Å². The molecule has 7 heteroatoms. The average Bonchev–Trinajstić information content (AvgIpc) is 3.31. The highest BCUT2D eigenvalue weighted by atomic mass is 32.2. The van der Waals surface area contributed by atoms with Gasteiger partial charge in [-0.2, -0.15) is 4.98 Å². The third kappa shape index (κ3) is 3.55. The van der Waals surface area contributed by atoms with Crippen LogP contribution in [0.15, 0.2) is 58.2 Å². The Hall–Kier alpha value is -2.80. The largest absolute Gasteiger partial charge is 0.497 e. The van der Waals surface area contributed by atoms with Gasteiger partial charge >= 0.3 is 0 Å². The standard InChI is InChI=1S/C20H20N4O2S/c1-13(2)19-22-18(26-23-19)12-27-20-21-16-6-4-5-7-17(16)24(20)14-8-10-15(25-3)11-9-14/h4-11,13H,12H2,1-3H3. The zero-order valence-electron chi connectivity index (χ0n) is 15.4. The minimum Gasteiger partial charge on any atom is -0.497 e. The quantitative estimate of drug-likeness (QED) is 0.446. The monoisotopic (exact) mass is 380 g/mol. The van der Waals surface area contributed by atoms with E-state index in [9.17, 15) is 0 Å². The van der Waals surface area contributed by atoms with Gasteiger partial charge in [0.2, 0.25) is 5.89 Å². The van der Waals surface area contributed by atoms with Crippen LogP contribution in [0.2, 0.25) is 0 Å². The molecule has 0 fully saturated rings. The van der Waals surface area contributed by atoms with Crippen LogP contribution in [0, 0.1) is 0 Å². The normalized spacial score (nSPS) is 11.4. The van der Waals surface area contributed by atoms with Gasteiger partial charge in [-0.1, -0.05) is 42.9 Å². The highest BCUT2D eigenvalue weighted by Gasteiger charge is 2.15. The molecule has 0 saturated carbocycles. The molecule has 0 saturated heterocycles. The topological polar surface area (TPSA) is 66.0 Å². The Morgan fingerprint density at radius 2 is 1.85 bits per heavy atom. The summed E-state index contributed by atoms with van der Waals surface area (Å²) < 4.78 is 12.8. The lowest BCUT2D eigenvalue weighted by Crippen LogP contribution is -1.97. The summed E-state index contributed by atoms with van der Waals surface area (Å²) in [5.74, 6) is 2.98. The number of rotatable bonds is 6. The minimum atomic E-state index is 0.247. The second-order valence-corrected chi connectivity index (χ2v) is 7.35. The van der Waals surface area contributed by atoms with Gasteiger partial charge < -0.3 is 9.26 Å². The van der Waals surface area contributed by atoms with E-state index in [-0.39, 0.29) is 5.92 Å². The molecule has 4 aromatic rings. The molecule has 0 aliphatic heterocycles. The van der Waals surface area contributed by atoms with Crippen molar-refractivity contribution in [3.63, 3.8) is 0 Å². The molecule has 2 heterocycles. The molecular formula is C20H20N4O2S. The van der Waals surface area contributed by atoms with Crippen molar-refractivity contribution >= 4 is 22.8 Å². The van der Waals surface area contributed by atoms with Gasteiger partial charge in [0.25, 0.3) is 0 Å². The molecule has 0 unspecified atom stereocenters. The number of ether oxygens (including phenoxy) is 1. The predicted octanol–water partition coefficient (Wildman–Crippen LogP) is 4.83. The van der Waals surface area contributed by atoms with Gasteiger partial charge in [-0.15, -0.1) is 0 Å². The van der Waals surface area contributed by atoms with Gasteiger partial charge in [0.05, 0.1) is 23.9 Å². The first-order valence-electron chi connectivity index (χ1n) is 8.73. The number of methoxy groups -OCH3 is 1. The highest BCUT2D eigenvalue weighted by molar-refractivity contribution is 7.98. The number of benzene rings is 2. The van der Waals surface area contributed by atoms with Gasteiger partial charge in [-0.25, -0.2) is 4.98 Å². The molecule has 0 amide bonds. The molecule has 0 aliphatic rings. The molecule has 2 aromatic heterocycles. The second-order valence-electron chi connectivity index (χ2n) is 6.41. The van der Waals surface area contributed by atoms with Crippen LogP contribution >= 0.6 is 11.8 Å². The Morgan fingerprint density at radius 1 is 1.07 bits per heavy atom. The van der Waals surface area contributed by atoms with Crippen molar-refractivity contribution < 1.29 is 9.26 Å². The minimum absolute atomic E-state index is 0.247. The number of fused-ring (bicyclic) bond motifs is 1. The lowest BCUT2D eigenvalue weighted by atomic mass is 10.2. The second kappa shape index (κ2) is 7.44. The molecule has 6 nitrogen and oxygen atoms in total. The van der Waals surface area contributed by atoms with E-state index in [1.807, 2.05) is 56.3 Å². The summed E-state index contributed by atoms with van der Waals surface area (Å²) in [6.45, 7) is 4.09. The lowest BCUT2D eigenvalue weighted by Gasteiger charge is -2.09. The maximum atomic E-state index is 5.36. The van der Waals surface area contributed by atoms with Gasteiger partial charge in [-0.05, 0) is 36.4 Å². The first-order chi connectivity index (χ1) is 13.2. The van der Waals surface area contributed by atoms with Gasteiger partial charge in [0.1, 0.15) is 5.75 Å². The number of para-hydroxylation sites is 2. The zero-order chi connectivity index (χ0) is 18.8. The van der Waals surface area contributed by atoms with Crippen LogP contribution < -0.4 is 4.74 Å². The lowest BCUT2D eigenvalue weighted by molar-refractivity contribution is 0.383. The maximum Gasteiger partial charge on any atom is 0.237 e. The van der Waals surface area contributed by atoms with Crippen LogP contribution in [-0.4, -0.2) is 26.8 Å². The molecule has 27 heavy (non-hydrogen) atoms. The summed E-state index contributed by atoms with van der Waals surface area (Å²) in [4.78, 5) is 9.25. The van der Waals surface area contributed by atoms with E-state index < -0.39 is 0 Å². The fourth-order valence-electron chi connectivity index (χ4n) is 2.77. The Morgan fingerprint density at radius 3 is 2.56 bits per heavy atom. The third-order valence-corrected chi connectivity index (χ3v) is 5.11. The summed E-state index contributed by atoms with van der Waals surface area (Å²) in [7, 11) is 1.67. The SMILES string of the molecule is COc1ccc(-n2c(SCc3nc(C(C)C)no3)nc3ccccc32)cc1. The summed E-state index contributed by atoms with van der Waals surface area (Å²) in [5.41, 5.74) is 3.03. The van der Waals surface area contributed by atoms with Gasteiger partial charge in [0, 0.05) is 11.6 Å². The molecular weight excluding hydrogens is 360 g/mol. The first-order valence-corrected chi connectivity index (χ1v) is 9.71. The van der Waals surface area contributed by atoms with Gasteiger partial charge in [-0.3, -0.25) is 4.57 Å². The van der Waals surface area contributed by atoms with Crippen LogP contribution in [0.3, 0.4) is 0 Å². The molecule has 0 atom stereocenters. The number of aromatic nitrogens is 4. The average molecular weight is 380 g/mol. The summed E-state index contributed by atoms with van der Waals surface area (Å²) >= 11 is 1.58. The Bertz CT molecular complexity index is 1050. The molecule has 0 radical (unpaired) electrons. The number of thioether (sulfide) groups is 1. The van der Waals surface area contributed by atoms with E-state index in [2.05, 4.69) is 20.8 Å². The van der Waals surface area contributed by atoms with Crippen LogP contribution in [0.4, 0.5) is 0 Å². The van der Waals surface area contributed by atoms with Crippen molar-refractivity contribution in [1.82, 2.24) is 19.7 Å². The van der Waals surface area contributed by atoms with Crippen LogP contribution in [0.25, 0.3) is 16.7 Å². The fourth-order valence-corrected chi connectivity index (χ4v) is 3.63. The molecule has 138 valence electrons. The van der Waals surface area contributed by atoms with E-state index >= 15 is 0 Å². The first kappa shape index (κ1) is 17.6. The number of nitrogens with zero attached hydrogens (tertiary/aromatic N) is 4. The summed E-state index contributed by atoms with van der Waals surface area (Å²) in [6, 6.07) is 16.1. The third-order valence-electron chi connectivity index (χ3n) is 4.19. The molecule has 2 aromatic carbocycles. The van der Waals surface area contributed by atoms with Crippen molar-refractivity contribution in [2.45, 2.75) is 30.7 Å². The fraction of sp³-hybridized carbons (Fsp3) is 0.250. The van der Waals surface area contributed by atoms with Crippen molar-refractivity contribution in [2.75, 3.05) is 7.11 Å². The Labute approximate surface area is 161 Å². The summed E-state index contributed by atoms with van der Waals surface area (Å²) in [5, 5.41) is 4.91. The van der Waals surface area contributed by atoms with E-state index in [1.165, 1.54) is 0 Å². The van der Waals surface area contributed by atoms with Crippen molar-refractivity contribution in [1.29, 1.82) is 0 Å². The number of hydrogen-bond donors (Lipinski definition) is 0. The molecule has 4 rings (SSSR count). The summed E-state index contributed by atoms with van der Waals surface area (Å²) in [6.07, 6.45) is 0. The Kier molecular flexibility index (Phi) is 4.85. The smallest absolute Gasteiger partial charge is 0.237 e. The number of imidazole rings is 1. The maximum absolute atomic E-state index is 5.36. The molecule has 0 spiro atoms.